The van der Waals surface area contributed by atoms with Crippen LogP contribution in [-0.2, 0) is 0 Å². The van der Waals surface area contributed by atoms with Crippen LogP contribution in [0.5, 0.6) is 0 Å². The first-order chi connectivity index (χ1) is 4.20. The van der Waals surface area contributed by atoms with Crippen LogP contribution in [0.1, 0.15) is 33.6 Å². The number of allylic oxidation sites excluding steroid dienone is 3. The normalized spacial score (nSPS) is 11.7. The van der Waals surface area contributed by atoms with Gasteiger partial charge in [-0.25, -0.2) is 0 Å². The van der Waals surface area contributed by atoms with Crippen LogP contribution in [0.15, 0.2) is 23.8 Å². The minimum atomic E-state index is 1.08. The predicted molar refractivity (Wildman–Crippen MR) is 43.5 cm³/mol. The first kappa shape index (κ1) is 8.48. The van der Waals surface area contributed by atoms with Crippen LogP contribution in [0.2, 0.25) is 0 Å². The Morgan fingerprint density at radius 2 is 2.11 bits per heavy atom. The fraction of sp³-hybridized carbons (Fsp3) is 0.556. The van der Waals surface area contributed by atoms with Crippen molar-refractivity contribution in [3.63, 3.8) is 0 Å². The number of hydrogen-bond donors (Lipinski definition) is 0. The van der Waals surface area contributed by atoms with Crippen molar-refractivity contribution in [3.8, 4) is 0 Å². The molecule has 0 atom stereocenters. The van der Waals surface area contributed by atoms with Gasteiger partial charge in [0.2, 0.25) is 0 Å². The summed E-state index contributed by atoms with van der Waals surface area (Å²) in [6.45, 7) is 10.2. The summed E-state index contributed by atoms with van der Waals surface area (Å²) in [7, 11) is 0. The van der Waals surface area contributed by atoms with Gasteiger partial charge in [0.15, 0.2) is 0 Å². The zero-order valence-corrected chi connectivity index (χ0v) is 6.70. The van der Waals surface area contributed by atoms with Crippen LogP contribution in [0.3, 0.4) is 0 Å². The Morgan fingerprint density at radius 1 is 1.56 bits per heavy atom. The summed E-state index contributed by atoms with van der Waals surface area (Å²) in [5, 5.41) is 0. The highest BCUT2D eigenvalue weighted by Gasteiger charge is 1.90. The molecular formula is C9H16. The Bertz CT molecular complexity index is 118. The van der Waals surface area contributed by atoms with E-state index in [1.165, 1.54) is 11.1 Å². The molecule has 0 saturated heterocycles. The largest absolute Gasteiger partial charge is 0.0998 e. The molecule has 0 aromatic heterocycles. The molecule has 0 rings (SSSR count). The van der Waals surface area contributed by atoms with Crippen molar-refractivity contribution >= 4 is 0 Å². The molecular weight excluding hydrogens is 108 g/mol. The second-order valence-electron chi connectivity index (χ2n) is 2.43. The van der Waals surface area contributed by atoms with Gasteiger partial charge < -0.3 is 0 Å². The van der Waals surface area contributed by atoms with Gasteiger partial charge in [0.25, 0.3) is 0 Å². The first-order valence-electron chi connectivity index (χ1n) is 3.49. The van der Waals surface area contributed by atoms with E-state index in [2.05, 4.69) is 33.4 Å². The molecule has 0 aromatic carbocycles. The van der Waals surface area contributed by atoms with Gasteiger partial charge in [0.05, 0.1) is 0 Å². The molecule has 0 aliphatic heterocycles. The summed E-state index contributed by atoms with van der Waals surface area (Å²) >= 11 is 0. The van der Waals surface area contributed by atoms with Crippen molar-refractivity contribution in [1.82, 2.24) is 0 Å². The summed E-state index contributed by atoms with van der Waals surface area (Å²) in [6.07, 6.45) is 4.41. The second kappa shape index (κ2) is 4.37. The van der Waals surface area contributed by atoms with E-state index in [9.17, 15) is 0 Å². The van der Waals surface area contributed by atoms with Crippen LogP contribution in [0, 0.1) is 0 Å². The summed E-state index contributed by atoms with van der Waals surface area (Å²) in [6, 6.07) is 0. The Balaban J connectivity index is 3.71. The topological polar surface area (TPSA) is 0 Å². The van der Waals surface area contributed by atoms with Crippen molar-refractivity contribution in [2.45, 2.75) is 33.6 Å². The van der Waals surface area contributed by atoms with Crippen molar-refractivity contribution in [2.75, 3.05) is 0 Å². The zero-order valence-electron chi connectivity index (χ0n) is 6.70. The van der Waals surface area contributed by atoms with E-state index in [0.29, 0.717) is 0 Å². The van der Waals surface area contributed by atoms with Crippen LogP contribution in [0.25, 0.3) is 0 Å². The minimum Gasteiger partial charge on any atom is -0.0998 e. The van der Waals surface area contributed by atoms with E-state index in [1.807, 2.05) is 0 Å². The fourth-order valence-electron chi connectivity index (χ4n) is 0.819. The van der Waals surface area contributed by atoms with E-state index in [-0.39, 0.29) is 0 Å². The Hall–Kier alpha value is -0.520. The monoisotopic (exact) mass is 124 g/mol. The van der Waals surface area contributed by atoms with Gasteiger partial charge in [-0.15, -0.1) is 0 Å². The van der Waals surface area contributed by atoms with Gasteiger partial charge >= 0.3 is 0 Å². The van der Waals surface area contributed by atoms with Gasteiger partial charge in [-0.3, -0.25) is 0 Å². The maximum absolute atomic E-state index is 3.85. The van der Waals surface area contributed by atoms with Crippen molar-refractivity contribution in [2.24, 2.45) is 0 Å². The standard InChI is InChI=1S/C9H16/c1-5-9(6-2)7-8(3)4/h5H,3,6-7H2,1-2,4H3/b9-5+. The maximum Gasteiger partial charge on any atom is -0.0114 e. The molecule has 0 aliphatic carbocycles. The van der Waals surface area contributed by atoms with Gasteiger partial charge in [-0.05, 0) is 26.7 Å². The lowest BCUT2D eigenvalue weighted by atomic mass is 10.1. The summed E-state index contributed by atoms with van der Waals surface area (Å²) in [4.78, 5) is 0. The molecule has 9 heavy (non-hydrogen) atoms. The molecule has 0 spiro atoms. The molecule has 0 N–H and O–H groups in total. The molecule has 0 unspecified atom stereocenters. The van der Waals surface area contributed by atoms with Crippen LogP contribution in [0.4, 0.5) is 0 Å². The molecule has 52 valence electrons. The third kappa shape index (κ3) is 4.01. The summed E-state index contributed by atoms with van der Waals surface area (Å²) in [5.74, 6) is 0. The average Bonchev–Trinajstić information content (AvgIpc) is 1.82. The van der Waals surface area contributed by atoms with E-state index >= 15 is 0 Å². The smallest absolute Gasteiger partial charge is 0.0114 e. The van der Waals surface area contributed by atoms with E-state index in [0.717, 1.165) is 12.8 Å². The molecule has 0 aliphatic rings. The Labute approximate surface area is 58.3 Å². The molecule has 0 saturated carbocycles. The third-order valence-electron chi connectivity index (χ3n) is 1.39. The predicted octanol–water partition coefficient (Wildman–Crippen LogP) is 3.31. The van der Waals surface area contributed by atoms with Crippen molar-refractivity contribution in [3.05, 3.63) is 23.8 Å². The summed E-state index contributed by atoms with van der Waals surface area (Å²) < 4.78 is 0. The molecule has 0 bridgehead atoms. The second-order valence-corrected chi connectivity index (χ2v) is 2.43. The molecule has 0 nitrogen and oxygen atoms in total. The van der Waals surface area contributed by atoms with E-state index < -0.39 is 0 Å². The minimum absolute atomic E-state index is 1.08. The van der Waals surface area contributed by atoms with Crippen LogP contribution < -0.4 is 0 Å². The number of hydrogen-bond acceptors (Lipinski definition) is 0. The maximum atomic E-state index is 3.85. The van der Waals surface area contributed by atoms with Gasteiger partial charge in [0.1, 0.15) is 0 Å². The lowest BCUT2D eigenvalue weighted by molar-refractivity contribution is 0.988. The molecule has 0 fully saturated rings. The van der Waals surface area contributed by atoms with Crippen LogP contribution >= 0.6 is 0 Å². The number of rotatable bonds is 3. The van der Waals surface area contributed by atoms with E-state index in [1.54, 1.807) is 0 Å². The molecule has 0 amide bonds. The highest BCUT2D eigenvalue weighted by molar-refractivity contribution is 5.09. The highest BCUT2D eigenvalue weighted by atomic mass is 14.0. The van der Waals surface area contributed by atoms with Gasteiger partial charge in [-0.2, -0.15) is 0 Å². The highest BCUT2D eigenvalue weighted by Crippen LogP contribution is 2.10. The zero-order chi connectivity index (χ0) is 7.28. The van der Waals surface area contributed by atoms with Gasteiger partial charge in [0, 0.05) is 0 Å². The molecule has 0 aromatic rings. The van der Waals surface area contributed by atoms with Crippen LogP contribution in [-0.4, -0.2) is 0 Å². The third-order valence-corrected chi connectivity index (χ3v) is 1.39. The average molecular weight is 124 g/mol. The van der Waals surface area contributed by atoms with Crippen molar-refractivity contribution in [1.29, 1.82) is 0 Å². The molecule has 0 radical (unpaired) electrons. The Kier molecular flexibility index (Phi) is 4.12. The lowest BCUT2D eigenvalue weighted by Gasteiger charge is -2.00. The molecule has 0 heteroatoms. The van der Waals surface area contributed by atoms with E-state index in [4.69, 9.17) is 0 Å². The summed E-state index contributed by atoms with van der Waals surface area (Å²) in [5.41, 5.74) is 2.74. The quantitative estimate of drug-likeness (QED) is 0.506. The first-order valence-corrected chi connectivity index (χ1v) is 3.49. The molecule has 0 heterocycles. The van der Waals surface area contributed by atoms with Crippen molar-refractivity contribution < 1.29 is 0 Å². The Morgan fingerprint density at radius 3 is 2.22 bits per heavy atom. The lowest BCUT2D eigenvalue weighted by Crippen LogP contribution is -1.80. The SMILES string of the molecule is C=C(C)C/C(=C/C)CC. The van der Waals surface area contributed by atoms with Gasteiger partial charge in [-0.1, -0.05) is 30.7 Å². The fourth-order valence-corrected chi connectivity index (χ4v) is 0.819.